The van der Waals surface area contributed by atoms with Gasteiger partial charge in [0.15, 0.2) is 0 Å². The van der Waals surface area contributed by atoms with E-state index in [1.54, 1.807) is 6.07 Å². The first-order valence-corrected chi connectivity index (χ1v) is 7.91. The summed E-state index contributed by atoms with van der Waals surface area (Å²) in [6, 6.07) is 4.75. The largest absolute Gasteiger partial charge is 0.311 e. The average molecular weight is 296 g/mol. The van der Waals surface area contributed by atoms with Crippen molar-refractivity contribution in [3.63, 3.8) is 0 Å². The molecular weight excluding hydrogens is 270 g/mol. The standard InChI is InChI=1S/C17H26F2N2/c1-4-16-9-20-15(7-12(2)3)11-21(16)10-13-5-6-14(18)8-17(13)19/h5-6,8,12,15-16,20H,4,7,9-11H2,1-3H3. The molecule has 1 fully saturated rings. The Balaban J connectivity index is 2.06. The normalized spacial score (nSPS) is 23.7. The Kier molecular flexibility index (Phi) is 5.71. The van der Waals surface area contributed by atoms with E-state index in [2.05, 4.69) is 31.0 Å². The minimum Gasteiger partial charge on any atom is -0.311 e. The molecule has 1 aromatic rings. The Bertz CT molecular complexity index is 462. The number of halogens is 2. The third-order valence-corrected chi connectivity index (χ3v) is 4.23. The monoisotopic (exact) mass is 296 g/mol. The van der Waals surface area contributed by atoms with Crippen LogP contribution in [0.2, 0.25) is 0 Å². The van der Waals surface area contributed by atoms with E-state index < -0.39 is 11.6 Å². The van der Waals surface area contributed by atoms with Crippen molar-refractivity contribution in [1.29, 1.82) is 0 Å². The van der Waals surface area contributed by atoms with Gasteiger partial charge in [-0.3, -0.25) is 4.90 Å². The number of hydrogen-bond acceptors (Lipinski definition) is 2. The third kappa shape index (κ3) is 4.48. The Morgan fingerprint density at radius 2 is 2.10 bits per heavy atom. The topological polar surface area (TPSA) is 15.3 Å². The van der Waals surface area contributed by atoms with Crippen molar-refractivity contribution >= 4 is 0 Å². The Labute approximate surface area is 126 Å². The van der Waals surface area contributed by atoms with Gasteiger partial charge in [0.05, 0.1) is 0 Å². The maximum Gasteiger partial charge on any atom is 0.130 e. The van der Waals surface area contributed by atoms with Crippen molar-refractivity contribution in [3.05, 3.63) is 35.4 Å². The van der Waals surface area contributed by atoms with E-state index in [1.165, 1.54) is 6.07 Å². The highest BCUT2D eigenvalue weighted by atomic mass is 19.1. The molecule has 1 aromatic carbocycles. The van der Waals surface area contributed by atoms with E-state index in [0.29, 0.717) is 30.1 Å². The SMILES string of the molecule is CCC1CNC(CC(C)C)CN1Cc1ccc(F)cc1F. The van der Waals surface area contributed by atoms with Crippen LogP contribution in [0.4, 0.5) is 8.78 Å². The van der Waals surface area contributed by atoms with Crippen LogP contribution < -0.4 is 5.32 Å². The summed E-state index contributed by atoms with van der Waals surface area (Å²) >= 11 is 0. The molecule has 1 aliphatic heterocycles. The van der Waals surface area contributed by atoms with Crippen LogP contribution in [0.25, 0.3) is 0 Å². The molecule has 0 saturated carbocycles. The Hall–Kier alpha value is -1.00. The molecule has 0 amide bonds. The van der Waals surface area contributed by atoms with Gasteiger partial charge in [0.2, 0.25) is 0 Å². The molecule has 1 N–H and O–H groups in total. The van der Waals surface area contributed by atoms with Gasteiger partial charge < -0.3 is 5.32 Å². The van der Waals surface area contributed by atoms with Gasteiger partial charge in [-0.1, -0.05) is 26.8 Å². The first kappa shape index (κ1) is 16.4. The molecular formula is C17H26F2N2. The second-order valence-corrected chi connectivity index (χ2v) is 6.46. The van der Waals surface area contributed by atoms with Crippen LogP contribution in [0.1, 0.15) is 39.2 Å². The lowest BCUT2D eigenvalue weighted by Gasteiger charge is -2.40. The second-order valence-electron chi connectivity index (χ2n) is 6.46. The molecule has 2 rings (SSSR count). The summed E-state index contributed by atoms with van der Waals surface area (Å²) < 4.78 is 26.9. The molecule has 118 valence electrons. The van der Waals surface area contributed by atoms with E-state index in [9.17, 15) is 8.78 Å². The zero-order chi connectivity index (χ0) is 15.4. The molecule has 4 heteroatoms. The van der Waals surface area contributed by atoms with E-state index in [0.717, 1.165) is 32.0 Å². The van der Waals surface area contributed by atoms with Gasteiger partial charge in [-0.15, -0.1) is 0 Å². The molecule has 2 atom stereocenters. The first-order chi connectivity index (χ1) is 9.99. The van der Waals surface area contributed by atoms with Crippen LogP contribution >= 0.6 is 0 Å². The second kappa shape index (κ2) is 7.32. The molecule has 0 radical (unpaired) electrons. The number of piperazine rings is 1. The lowest BCUT2D eigenvalue weighted by Crippen LogP contribution is -2.56. The van der Waals surface area contributed by atoms with Crippen molar-refractivity contribution in [3.8, 4) is 0 Å². The van der Waals surface area contributed by atoms with Gasteiger partial charge in [0.25, 0.3) is 0 Å². The van der Waals surface area contributed by atoms with Crippen LogP contribution in [0.3, 0.4) is 0 Å². The number of rotatable bonds is 5. The molecule has 2 unspecified atom stereocenters. The molecule has 1 heterocycles. The summed E-state index contributed by atoms with van der Waals surface area (Å²) in [6.45, 7) is 9.02. The third-order valence-electron chi connectivity index (χ3n) is 4.23. The Morgan fingerprint density at radius 3 is 2.71 bits per heavy atom. The molecule has 0 aliphatic carbocycles. The molecule has 0 spiro atoms. The van der Waals surface area contributed by atoms with Crippen LogP contribution in [-0.2, 0) is 6.54 Å². The van der Waals surface area contributed by atoms with E-state index in [-0.39, 0.29) is 0 Å². The summed E-state index contributed by atoms with van der Waals surface area (Å²) in [4.78, 5) is 2.33. The highest BCUT2D eigenvalue weighted by molar-refractivity contribution is 5.18. The number of hydrogen-bond donors (Lipinski definition) is 1. The summed E-state index contributed by atoms with van der Waals surface area (Å²) in [5.41, 5.74) is 0.583. The van der Waals surface area contributed by atoms with Crippen molar-refractivity contribution in [2.75, 3.05) is 13.1 Å². The van der Waals surface area contributed by atoms with Gasteiger partial charge >= 0.3 is 0 Å². The van der Waals surface area contributed by atoms with E-state index in [4.69, 9.17) is 0 Å². The number of benzene rings is 1. The number of nitrogens with zero attached hydrogens (tertiary/aromatic N) is 1. The van der Waals surface area contributed by atoms with Crippen LogP contribution in [0, 0.1) is 17.6 Å². The highest BCUT2D eigenvalue weighted by Gasteiger charge is 2.27. The predicted octanol–water partition coefficient (Wildman–Crippen LogP) is 3.56. The van der Waals surface area contributed by atoms with Gasteiger partial charge in [-0.2, -0.15) is 0 Å². The minimum atomic E-state index is -0.513. The lowest BCUT2D eigenvalue weighted by molar-refractivity contribution is 0.110. The quantitative estimate of drug-likeness (QED) is 0.893. The fourth-order valence-corrected chi connectivity index (χ4v) is 3.12. The first-order valence-electron chi connectivity index (χ1n) is 7.91. The van der Waals surface area contributed by atoms with Gasteiger partial charge in [0.1, 0.15) is 11.6 Å². The molecule has 0 bridgehead atoms. The minimum absolute atomic E-state index is 0.415. The fraction of sp³-hybridized carbons (Fsp3) is 0.647. The molecule has 21 heavy (non-hydrogen) atoms. The lowest BCUT2D eigenvalue weighted by atomic mass is 9.98. The van der Waals surface area contributed by atoms with Crippen molar-refractivity contribution in [2.24, 2.45) is 5.92 Å². The van der Waals surface area contributed by atoms with Gasteiger partial charge in [-0.25, -0.2) is 8.78 Å². The molecule has 2 nitrogen and oxygen atoms in total. The molecule has 0 aromatic heterocycles. The highest BCUT2D eigenvalue weighted by Crippen LogP contribution is 2.19. The summed E-state index contributed by atoms with van der Waals surface area (Å²) in [7, 11) is 0. The van der Waals surface area contributed by atoms with Crippen molar-refractivity contribution in [2.45, 2.75) is 52.2 Å². The predicted molar refractivity (Wildman–Crippen MR) is 82.1 cm³/mol. The van der Waals surface area contributed by atoms with Crippen molar-refractivity contribution in [1.82, 2.24) is 10.2 Å². The number of nitrogens with one attached hydrogen (secondary N) is 1. The van der Waals surface area contributed by atoms with Crippen LogP contribution in [0.5, 0.6) is 0 Å². The van der Waals surface area contributed by atoms with Crippen LogP contribution in [-0.4, -0.2) is 30.1 Å². The van der Waals surface area contributed by atoms with Crippen molar-refractivity contribution < 1.29 is 8.78 Å². The summed E-state index contributed by atoms with van der Waals surface area (Å²) in [5, 5.41) is 3.60. The molecule has 1 aliphatic rings. The van der Waals surface area contributed by atoms with Gasteiger partial charge in [-0.05, 0) is 24.8 Å². The smallest absolute Gasteiger partial charge is 0.130 e. The van der Waals surface area contributed by atoms with Crippen LogP contribution in [0.15, 0.2) is 18.2 Å². The zero-order valence-corrected chi connectivity index (χ0v) is 13.2. The maximum absolute atomic E-state index is 13.9. The van der Waals surface area contributed by atoms with Gasteiger partial charge in [0, 0.05) is 43.3 Å². The summed E-state index contributed by atoms with van der Waals surface area (Å²) in [6.07, 6.45) is 2.16. The zero-order valence-electron chi connectivity index (χ0n) is 13.2. The van der Waals surface area contributed by atoms with E-state index >= 15 is 0 Å². The maximum atomic E-state index is 13.9. The average Bonchev–Trinajstić information content (AvgIpc) is 2.41. The molecule has 1 saturated heterocycles. The Morgan fingerprint density at radius 1 is 1.33 bits per heavy atom. The summed E-state index contributed by atoms with van der Waals surface area (Å²) in [5.74, 6) is -0.310. The van der Waals surface area contributed by atoms with E-state index in [1.807, 2.05) is 0 Å². The fourth-order valence-electron chi connectivity index (χ4n) is 3.12.